The number of nitrogens with one attached hydrogen (secondary N) is 1. The molecule has 0 fully saturated rings. The topological polar surface area (TPSA) is 29.3 Å². The first kappa shape index (κ1) is 10.4. The lowest BCUT2D eigenvalue weighted by atomic mass is 10.2. The summed E-state index contributed by atoms with van der Waals surface area (Å²) in [5, 5.41) is 7.46. The molecule has 0 saturated heterocycles. The molecule has 0 radical (unpaired) electrons. The molecule has 2 rings (SSSR count). The van der Waals surface area contributed by atoms with E-state index >= 15 is 0 Å². The quantitative estimate of drug-likeness (QED) is 0.654. The van der Waals surface area contributed by atoms with Crippen LogP contribution >= 0.6 is 38.5 Å². The Labute approximate surface area is 104 Å². The number of hydrogen-bond donors (Lipinski definition) is 1. The van der Waals surface area contributed by atoms with Crippen LogP contribution < -0.4 is 5.32 Å². The van der Waals surface area contributed by atoms with Gasteiger partial charge in [0, 0.05) is 16.6 Å². The SMILES string of the molecule is CNCc1cnn2c(I)cc(Br)cc12. The van der Waals surface area contributed by atoms with Crippen molar-refractivity contribution in [2.24, 2.45) is 0 Å². The molecule has 0 spiro atoms. The zero-order chi connectivity index (χ0) is 10.1. The van der Waals surface area contributed by atoms with Crippen LogP contribution in [0.25, 0.3) is 5.52 Å². The molecule has 1 N–H and O–H groups in total. The standard InChI is InChI=1S/C9H9BrIN3/c1-12-4-6-5-13-14-8(6)2-7(10)3-9(14)11/h2-3,5,12H,4H2,1H3. The van der Waals surface area contributed by atoms with Gasteiger partial charge in [0.15, 0.2) is 0 Å². The largest absolute Gasteiger partial charge is 0.316 e. The van der Waals surface area contributed by atoms with E-state index in [0.717, 1.165) is 20.2 Å². The van der Waals surface area contributed by atoms with Crippen LogP contribution in [0.1, 0.15) is 5.56 Å². The Morgan fingerprint density at radius 3 is 3.07 bits per heavy atom. The van der Waals surface area contributed by atoms with Crippen LogP contribution in [0, 0.1) is 3.70 Å². The molecule has 2 heterocycles. The number of aromatic nitrogens is 2. The van der Waals surface area contributed by atoms with Gasteiger partial charge in [-0.3, -0.25) is 0 Å². The number of halogens is 2. The van der Waals surface area contributed by atoms with Gasteiger partial charge in [-0.15, -0.1) is 0 Å². The van der Waals surface area contributed by atoms with E-state index in [0.29, 0.717) is 0 Å². The molecular weight excluding hydrogens is 357 g/mol. The van der Waals surface area contributed by atoms with Gasteiger partial charge in [-0.1, -0.05) is 15.9 Å². The van der Waals surface area contributed by atoms with E-state index in [9.17, 15) is 0 Å². The van der Waals surface area contributed by atoms with Crippen molar-refractivity contribution in [3.63, 3.8) is 0 Å². The predicted molar refractivity (Wildman–Crippen MR) is 68.4 cm³/mol. The molecule has 0 saturated carbocycles. The molecular formula is C9H9BrIN3. The van der Waals surface area contributed by atoms with Gasteiger partial charge in [0.2, 0.25) is 0 Å². The van der Waals surface area contributed by atoms with Gasteiger partial charge >= 0.3 is 0 Å². The van der Waals surface area contributed by atoms with Crippen molar-refractivity contribution in [1.29, 1.82) is 0 Å². The molecule has 0 aromatic carbocycles. The Morgan fingerprint density at radius 2 is 2.36 bits per heavy atom. The fourth-order valence-corrected chi connectivity index (χ4v) is 2.97. The van der Waals surface area contributed by atoms with Crippen molar-refractivity contribution in [1.82, 2.24) is 14.9 Å². The molecule has 2 aromatic rings. The van der Waals surface area contributed by atoms with Gasteiger partial charge in [0.25, 0.3) is 0 Å². The lowest BCUT2D eigenvalue weighted by Gasteiger charge is -2.01. The molecule has 0 amide bonds. The molecule has 74 valence electrons. The maximum atomic E-state index is 4.33. The average Bonchev–Trinajstić information content (AvgIpc) is 2.49. The molecule has 0 aliphatic heterocycles. The summed E-state index contributed by atoms with van der Waals surface area (Å²) in [4.78, 5) is 0. The van der Waals surface area contributed by atoms with Gasteiger partial charge in [0.1, 0.15) is 3.70 Å². The highest BCUT2D eigenvalue weighted by Gasteiger charge is 2.06. The number of nitrogens with zero attached hydrogens (tertiary/aromatic N) is 2. The second kappa shape index (κ2) is 4.16. The summed E-state index contributed by atoms with van der Waals surface area (Å²) < 4.78 is 4.14. The smallest absolute Gasteiger partial charge is 0.104 e. The van der Waals surface area contributed by atoms with Crippen LogP contribution in [0.15, 0.2) is 22.8 Å². The number of rotatable bonds is 2. The van der Waals surface area contributed by atoms with E-state index in [1.54, 1.807) is 0 Å². The van der Waals surface area contributed by atoms with Crippen LogP contribution in [-0.2, 0) is 6.54 Å². The van der Waals surface area contributed by atoms with Crippen molar-refractivity contribution >= 4 is 44.0 Å². The molecule has 0 atom stereocenters. The van der Waals surface area contributed by atoms with Gasteiger partial charge in [0.05, 0.1) is 11.7 Å². The summed E-state index contributed by atoms with van der Waals surface area (Å²) in [6, 6.07) is 4.13. The fourth-order valence-electron chi connectivity index (χ4n) is 1.39. The number of hydrogen-bond acceptors (Lipinski definition) is 2. The minimum Gasteiger partial charge on any atom is -0.316 e. The summed E-state index contributed by atoms with van der Waals surface area (Å²) in [5.41, 5.74) is 2.37. The highest BCUT2D eigenvalue weighted by Crippen LogP contribution is 2.20. The van der Waals surface area contributed by atoms with Gasteiger partial charge < -0.3 is 5.32 Å². The minimum absolute atomic E-state index is 0.843. The third-order valence-corrected chi connectivity index (χ3v) is 3.21. The second-order valence-electron chi connectivity index (χ2n) is 2.99. The van der Waals surface area contributed by atoms with Crippen LogP contribution in [0.5, 0.6) is 0 Å². The second-order valence-corrected chi connectivity index (χ2v) is 5.01. The highest BCUT2D eigenvalue weighted by atomic mass is 127. The maximum absolute atomic E-state index is 4.33. The first-order valence-electron chi connectivity index (χ1n) is 4.18. The molecule has 0 bridgehead atoms. The molecule has 0 aliphatic rings. The Morgan fingerprint density at radius 1 is 1.57 bits per heavy atom. The van der Waals surface area contributed by atoms with E-state index < -0.39 is 0 Å². The molecule has 0 unspecified atom stereocenters. The Bertz CT molecular complexity index is 466. The third kappa shape index (κ3) is 1.80. The third-order valence-electron chi connectivity index (χ3n) is 1.99. The predicted octanol–water partition coefficient (Wildman–Crippen LogP) is 2.42. The van der Waals surface area contributed by atoms with Crippen molar-refractivity contribution in [3.05, 3.63) is 32.1 Å². The van der Waals surface area contributed by atoms with E-state index in [2.05, 4.69) is 55.0 Å². The Hall–Kier alpha value is -0.140. The van der Waals surface area contributed by atoms with Crippen molar-refractivity contribution in [3.8, 4) is 0 Å². The van der Waals surface area contributed by atoms with Crippen LogP contribution in [0.3, 0.4) is 0 Å². The zero-order valence-electron chi connectivity index (χ0n) is 7.59. The maximum Gasteiger partial charge on any atom is 0.104 e. The monoisotopic (exact) mass is 365 g/mol. The summed E-state index contributed by atoms with van der Waals surface area (Å²) in [5.74, 6) is 0. The van der Waals surface area contributed by atoms with Crippen molar-refractivity contribution in [2.75, 3.05) is 7.05 Å². The summed E-state index contributed by atoms with van der Waals surface area (Å²) in [7, 11) is 1.94. The summed E-state index contributed by atoms with van der Waals surface area (Å²) in [6.07, 6.45) is 1.90. The average molecular weight is 366 g/mol. The summed E-state index contributed by atoms with van der Waals surface area (Å²) in [6.45, 7) is 0.843. The first-order chi connectivity index (χ1) is 6.72. The van der Waals surface area contributed by atoms with E-state index in [-0.39, 0.29) is 0 Å². The summed E-state index contributed by atoms with van der Waals surface area (Å²) >= 11 is 5.76. The molecule has 14 heavy (non-hydrogen) atoms. The van der Waals surface area contributed by atoms with Crippen LogP contribution in [0.2, 0.25) is 0 Å². The van der Waals surface area contributed by atoms with Gasteiger partial charge in [-0.05, 0) is 41.8 Å². The molecule has 5 heteroatoms. The molecule has 3 nitrogen and oxygen atoms in total. The van der Waals surface area contributed by atoms with E-state index in [4.69, 9.17) is 0 Å². The Balaban J connectivity index is 2.66. The minimum atomic E-state index is 0.843. The molecule has 0 aliphatic carbocycles. The number of pyridine rings is 1. The lowest BCUT2D eigenvalue weighted by molar-refractivity contribution is 0.823. The highest BCUT2D eigenvalue weighted by molar-refractivity contribution is 14.1. The first-order valence-corrected chi connectivity index (χ1v) is 6.06. The fraction of sp³-hybridized carbons (Fsp3) is 0.222. The number of fused-ring (bicyclic) bond motifs is 1. The van der Waals surface area contributed by atoms with Crippen molar-refractivity contribution < 1.29 is 0 Å². The van der Waals surface area contributed by atoms with E-state index in [1.165, 1.54) is 5.56 Å². The van der Waals surface area contributed by atoms with Gasteiger partial charge in [-0.2, -0.15) is 5.10 Å². The normalized spacial score (nSPS) is 11.1. The van der Waals surface area contributed by atoms with Gasteiger partial charge in [-0.25, -0.2) is 4.52 Å². The zero-order valence-corrected chi connectivity index (χ0v) is 11.3. The van der Waals surface area contributed by atoms with Crippen LogP contribution in [0.4, 0.5) is 0 Å². The Kier molecular flexibility index (Phi) is 3.08. The lowest BCUT2D eigenvalue weighted by Crippen LogP contribution is -2.04. The van der Waals surface area contributed by atoms with Crippen molar-refractivity contribution in [2.45, 2.75) is 6.54 Å². The molecule has 2 aromatic heterocycles. The van der Waals surface area contributed by atoms with E-state index in [1.807, 2.05) is 23.8 Å². The van der Waals surface area contributed by atoms with Crippen LogP contribution in [-0.4, -0.2) is 16.7 Å².